The van der Waals surface area contributed by atoms with Crippen LogP contribution in [-0.4, -0.2) is 49.1 Å². The van der Waals surface area contributed by atoms with Gasteiger partial charge in [0.05, 0.1) is 5.75 Å². The van der Waals surface area contributed by atoms with Gasteiger partial charge in [-0.05, 0) is 43.9 Å². The van der Waals surface area contributed by atoms with Gasteiger partial charge in [0.2, 0.25) is 10.0 Å². The average molecular weight is 295 g/mol. The maximum absolute atomic E-state index is 12.0. The van der Waals surface area contributed by atoms with E-state index in [1.165, 1.54) is 5.56 Å². The van der Waals surface area contributed by atoms with E-state index in [-0.39, 0.29) is 6.04 Å². The van der Waals surface area contributed by atoms with Crippen molar-refractivity contribution >= 4 is 15.8 Å². The van der Waals surface area contributed by atoms with E-state index < -0.39 is 10.0 Å². The van der Waals surface area contributed by atoms with Crippen LogP contribution in [0.3, 0.4) is 0 Å². The zero-order chi connectivity index (χ0) is 14.2. The first-order chi connectivity index (χ1) is 9.56. The van der Waals surface area contributed by atoms with Crippen LogP contribution in [0.1, 0.15) is 24.8 Å². The molecule has 3 rings (SSSR count). The Hall–Kier alpha value is -1.14. The maximum Gasteiger partial charge on any atom is 0.214 e. The minimum absolute atomic E-state index is 0.184. The lowest BCUT2D eigenvalue weighted by atomic mass is 10.0. The van der Waals surface area contributed by atoms with Crippen LogP contribution in [0.4, 0.5) is 5.82 Å². The minimum atomic E-state index is -2.98. The van der Waals surface area contributed by atoms with E-state index in [1.807, 2.05) is 12.3 Å². The van der Waals surface area contributed by atoms with Crippen molar-refractivity contribution in [1.82, 2.24) is 9.29 Å². The van der Waals surface area contributed by atoms with Gasteiger partial charge in [-0.25, -0.2) is 13.4 Å². The van der Waals surface area contributed by atoms with Crippen molar-refractivity contribution in [3.05, 3.63) is 23.9 Å². The molecule has 0 radical (unpaired) electrons. The van der Waals surface area contributed by atoms with E-state index in [9.17, 15) is 8.42 Å². The van der Waals surface area contributed by atoms with Gasteiger partial charge in [-0.3, -0.25) is 0 Å². The zero-order valence-corrected chi connectivity index (χ0v) is 12.6. The molecule has 0 spiro atoms. The van der Waals surface area contributed by atoms with Crippen LogP contribution in [0.2, 0.25) is 0 Å². The van der Waals surface area contributed by atoms with Crippen molar-refractivity contribution in [3.8, 4) is 0 Å². The smallest absolute Gasteiger partial charge is 0.214 e. The average Bonchev–Trinajstić information content (AvgIpc) is 2.79. The third kappa shape index (κ3) is 2.67. The van der Waals surface area contributed by atoms with Crippen LogP contribution in [0, 0.1) is 6.92 Å². The van der Waals surface area contributed by atoms with E-state index in [2.05, 4.69) is 22.9 Å². The SMILES string of the molecule is Cc1ccnc(N2CCC(N3CCCS3(=O)=O)CC2)c1. The molecule has 20 heavy (non-hydrogen) atoms. The molecule has 5 nitrogen and oxygen atoms in total. The second kappa shape index (κ2) is 5.33. The molecule has 0 N–H and O–H groups in total. The summed E-state index contributed by atoms with van der Waals surface area (Å²) in [5, 5.41) is 0. The second-order valence-corrected chi connectivity index (χ2v) is 7.73. The highest BCUT2D eigenvalue weighted by atomic mass is 32.2. The number of hydrogen-bond acceptors (Lipinski definition) is 4. The van der Waals surface area contributed by atoms with E-state index in [0.717, 1.165) is 38.2 Å². The van der Waals surface area contributed by atoms with Gasteiger partial charge >= 0.3 is 0 Å². The lowest BCUT2D eigenvalue weighted by Crippen LogP contribution is -2.45. The summed E-state index contributed by atoms with van der Waals surface area (Å²) in [6.07, 6.45) is 4.41. The van der Waals surface area contributed by atoms with E-state index in [0.29, 0.717) is 12.3 Å². The lowest BCUT2D eigenvalue weighted by Gasteiger charge is -2.36. The highest BCUT2D eigenvalue weighted by Gasteiger charge is 2.36. The van der Waals surface area contributed by atoms with Crippen LogP contribution in [0.15, 0.2) is 18.3 Å². The highest BCUT2D eigenvalue weighted by Crippen LogP contribution is 2.26. The van der Waals surface area contributed by atoms with Gasteiger partial charge in [-0.1, -0.05) is 0 Å². The summed E-state index contributed by atoms with van der Waals surface area (Å²) in [6.45, 7) is 4.53. The number of aromatic nitrogens is 1. The Labute approximate surface area is 120 Å². The molecular formula is C14H21N3O2S. The van der Waals surface area contributed by atoms with Crippen LogP contribution in [-0.2, 0) is 10.0 Å². The molecule has 0 atom stereocenters. The first kappa shape index (κ1) is 13.8. The molecule has 3 heterocycles. The summed E-state index contributed by atoms with van der Waals surface area (Å²) in [7, 11) is -2.98. The van der Waals surface area contributed by atoms with Crippen molar-refractivity contribution in [2.45, 2.75) is 32.2 Å². The largest absolute Gasteiger partial charge is 0.356 e. The van der Waals surface area contributed by atoms with Crippen molar-refractivity contribution in [1.29, 1.82) is 0 Å². The lowest BCUT2D eigenvalue weighted by molar-refractivity contribution is 0.290. The molecule has 2 fully saturated rings. The van der Waals surface area contributed by atoms with Crippen LogP contribution in [0.25, 0.3) is 0 Å². The van der Waals surface area contributed by atoms with Gasteiger partial charge in [-0.15, -0.1) is 0 Å². The Kier molecular flexibility index (Phi) is 3.69. The normalized spacial score (nSPS) is 24.1. The fourth-order valence-corrected chi connectivity index (χ4v) is 4.95. The van der Waals surface area contributed by atoms with Crippen molar-refractivity contribution in [3.63, 3.8) is 0 Å². The molecule has 0 saturated carbocycles. The molecule has 1 aromatic rings. The van der Waals surface area contributed by atoms with Gasteiger partial charge in [0.15, 0.2) is 0 Å². The van der Waals surface area contributed by atoms with Crippen LogP contribution in [0.5, 0.6) is 0 Å². The summed E-state index contributed by atoms with van der Waals surface area (Å²) in [5.41, 5.74) is 1.21. The van der Waals surface area contributed by atoms with Crippen molar-refractivity contribution in [2.24, 2.45) is 0 Å². The molecule has 0 bridgehead atoms. The Bertz CT molecular complexity index is 580. The summed E-state index contributed by atoms with van der Waals surface area (Å²) in [6, 6.07) is 4.27. The number of pyridine rings is 1. The molecule has 2 saturated heterocycles. The monoisotopic (exact) mass is 295 g/mol. The number of anilines is 1. The number of piperidine rings is 1. The molecule has 110 valence electrons. The number of sulfonamides is 1. The van der Waals surface area contributed by atoms with Crippen molar-refractivity contribution < 1.29 is 8.42 Å². The quantitative estimate of drug-likeness (QED) is 0.827. The fourth-order valence-electron chi connectivity index (χ4n) is 3.14. The van der Waals surface area contributed by atoms with Crippen LogP contribution >= 0.6 is 0 Å². The fraction of sp³-hybridized carbons (Fsp3) is 0.643. The molecule has 0 aliphatic carbocycles. The third-order valence-electron chi connectivity index (χ3n) is 4.23. The van der Waals surface area contributed by atoms with Gasteiger partial charge in [-0.2, -0.15) is 4.31 Å². The van der Waals surface area contributed by atoms with Crippen molar-refractivity contribution in [2.75, 3.05) is 30.3 Å². The standard InChI is InChI=1S/C14H21N3O2S/c1-12-3-6-15-14(11-12)16-8-4-13(5-9-16)17-7-2-10-20(17,18)19/h3,6,11,13H,2,4-5,7-10H2,1H3. The number of nitrogens with zero attached hydrogens (tertiary/aromatic N) is 3. The van der Waals surface area contributed by atoms with Gasteiger partial charge in [0.25, 0.3) is 0 Å². The van der Waals surface area contributed by atoms with Gasteiger partial charge in [0.1, 0.15) is 5.82 Å². The summed E-state index contributed by atoms with van der Waals surface area (Å²) in [5.74, 6) is 1.33. The maximum atomic E-state index is 12.0. The highest BCUT2D eigenvalue weighted by molar-refractivity contribution is 7.89. The van der Waals surface area contributed by atoms with E-state index in [4.69, 9.17) is 0 Å². The van der Waals surface area contributed by atoms with Crippen LogP contribution < -0.4 is 4.90 Å². The molecule has 2 aliphatic heterocycles. The Morgan fingerprint density at radius 1 is 1.25 bits per heavy atom. The van der Waals surface area contributed by atoms with Gasteiger partial charge < -0.3 is 4.90 Å². The van der Waals surface area contributed by atoms with E-state index >= 15 is 0 Å². The summed E-state index contributed by atoms with van der Waals surface area (Å²) < 4.78 is 25.6. The Balaban J connectivity index is 1.65. The first-order valence-electron chi connectivity index (χ1n) is 7.23. The van der Waals surface area contributed by atoms with Gasteiger partial charge in [0, 0.05) is 31.9 Å². The number of rotatable bonds is 2. The molecular weight excluding hydrogens is 274 g/mol. The minimum Gasteiger partial charge on any atom is -0.356 e. The zero-order valence-electron chi connectivity index (χ0n) is 11.8. The predicted octanol–water partition coefficient (Wildman–Crippen LogP) is 1.39. The molecule has 6 heteroatoms. The molecule has 0 unspecified atom stereocenters. The number of aryl methyl sites for hydroxylation is 1. The number of hydrogen-bond donors (Lipinski definition) is 0. The Morgan fingerprint density at radius 2 is 2.00 bits per heavy atom. The molecule has 0 aromatic carbocycles. The van der Waals surface area contributed by atoms with E-state index in [1.54, 1.807) is 4.31 Å². The molecule has 1 aromatic heterocycles. The topological polar surface area (TPSA) is 53.5 Å². The Morgan fingerprint density at radius 3 is 2.60 bits per heavy atom. The summed E-state index contributed by atoms with van der Waals surface area (Å²) >= 11 is 0. The molecule has 0 amide bonds. The first-order valence-corrected chi connectivity index (χ1v) is 8.84. The summed E-state index contributed by atoms with van der Waals surface area (Å²) in [4.78, 5) is 6.66. The third-order valence-corrected chi connectivity index (χ3v) is 6.23. The second-order valence-electron chi connectivity index (χ2n) is 5.69. The predicted molar refractivity (Wildman–Crippen MR) is 79.3 cm³/mol. The molecule has 2 aliphatic rings.